The Morgan fingerprint density at radius 3 is 2.50 bits per heavy atom. The molecule has 2 heteroatoms. The van der Waals surface area contributed by atoms with Gasteiger partial charge in [0.1, 0.15) is 5.75 Å². The molecule has 0 aliphatic heterocycles. The number of carbonyl (C=O) groups is 1. The summed E-state index contributed by atoms with van der Waals surface area (Å²) in [5.41, 5.74) is 2.79. The Kier molecular flexibility index (Phi) is 3.43. The van der Waals surface area contributed by atoms with Gasteiger partial charge in [0, 0.05) is 6.42 Å². The Morgan fingerprint density at radius 2 is 1.86 bits per heavy atom. The Labute approximate surface area is 133 Å². The largest absolute Gasteiger partial charge is 0.507 e. The molecule has 1 N–H and O–H groups in total. The van der Waals surface area contributed by atoms with Crippen LogP contribution in [-0.4, -0.2) is 10.9 Å². The van der Waals surface area contributed by atoms with Gasteiger partial charge in [-0.3, -0.25) is 4.79 Å². The number of hydrogen-bond acceptors (Lipinski definition) is 2. The van der Waals surface area contributed by atoms with Crippen molar-refractivity contribution in [3.63, 3.8) is 0 Å². The quantitative estimate of drug-likeness (QED) is 0.775. The topological polar surface area (TPSA) is 37.3 Å². The molecule has 0 heterocycles. The van der Waals surface area contributed by atoms with E-state index in [2.05, 4.69) is 40.7 Å². The molecule has 0 amide bonds. The van der Waals surface area contributed by atoms with Gasteiger partial charge in [-0.1, -0.05) is 53.2 Å². The molecule has 0 bridgehead atoms. The molecule has 1 fully saturated rings. The average Bonchev–Trinajstić information content (AvgIpc) is 2.41. The molecule has 2 atom stereocenters. The minimum absolute atomic E-state index is 0.0119. The van der Waals surface area contributed by atoms with Gasteiger partial charge in [-0.2, -0.15) is 0 Å². The fourth-order valence-corrected chi connectivity index (χ4v) is 5.06. The fraction of sp³-hybridized carbons (Fsp3) is 0.650. The fourth-order valence-electron chi connectivity index (χ4n) is 5.06. The molecule has 1 aromatic carbocycles. The molecule has 2 aliphatic carbocycles. The van der Waals surface area contributed by atoms with Crippen molar-refractivity contribution in [3.8, 4) is 5.75 Å². The van der Waals surface area contributed by atoms with E-state index in [9.17, 15) is 9.90 Å². The van der Waals surface area contributed by atoms with Crippen LogP contribution in [0.5, 0.6) is 5.75 Å². The molecule has 0 unspecified atom stereocenters. The van der Waals surface area contributed by atoms with Crippen molar-refractivity contribution in [2.24, 2.45) is 11.3 Å². The van der Waals surface area contributed by atoms with Crippen LogP contribution in [0.1, 0.15) is 87.7 Å². The second kappa shape index (κ2) is 4.84. The molecule has 2 nitrogen and oxygen atoms in total. The van der Waals surface area contributed by atoms with E-state index in [1.807, 2.05) is 6.07 Å². The summed E-state index contributed by atoms with van der Waals surface area (Å²) in [4.78, 5) is 12.8. The number of aromatic hydroxyl groups is 1. The van der Waals surface area contributed by atoms with Crippen LogP contribution in [-0.2, 0) is 5.41 Å². The summed E-state index contributed by atoms with van der Waals surface area (Å²) in [5, 5.41) is 10.7. The second-order valence-electron chi connectivity index (χ2n) is 8.52. The molecule has 22 heavy (non-hydrogen) atoms. The molecule has 0 saturated heterocycles. The van der Waals surface area contributed by atoms with Crippen LogP contribution in [0.3, 0.4) is 0 Å². The minimum Gasteiger partial charge on any atom is -0.507 e. The number of carbonyl (C=O) groups excluding carboxylic acids is 1. The number of phenols is 1. The predicted octanol–water partition coefficient (Wildman–Crippen LogP) is 5.19. The second-order valence-corrected chi connectivity index (χ2v) is 8.52. The lowest BCUT2D eigenvalue weighted by atomic mass is 9.50. The van der Waals surface area contributed by atoms with E-state index < -0.39 is 0 Å². The van der Waals surface area contributed by atoms with E-state index in [4.69, 9.17) is 0 Å². The maximum absolute atomic E-state index is 12.8. The summed E-state index contributed by atoms with van der Waals surface area (Å²) in [7, 11) is 0. The molecule has 0 spiro atoms. The highest BCUT2D eigenvalue weighted by Gasteiger charge is 2.52. The van der Waals surface area contributed by atoms with Crippen LogP contribution in [0.15, 0.2) is 12.1 Å². The lowest BCUT2D eigenvalue weighted by Gasteiger charge is -2.53. The number of Topliss-reactive ketones (excluding diaryl/α,β-unsaturated/α-hetero) is 1. The van der Waals surface area contributed by atoms with Crippen LogP contribution in [0.2, 0.25) is 0 Å². The van der Waals surface area contributed by atoms with Crippen LogP contribution in [0, 0.1) is 11.3 Å². The standard InChI is InChI=1S/C20H28O2/c1-12(2)13-7-8-14-17(18(13)22)15(21)11-16-19(3,4)9-6-10-20(14,16)5/h7-8,12,16,22H,6,9-11H2,1-5H3/t16-,20-/m1/s1. The van der Waals surface area contributed by atoms with Gasteiger partial charge in [0.25, 0.3) is 0 Å². The summed E-state index contributed by atoms with van der Waals surface area (Å²) in [6.07, 6.45) is 4.07. The minimum atomic E-state index is 0.0119. The van der Waals surface area contributed by atoms with Gasteiger partial charge in [-0.25, -0.2) is 0 Å². The van der Waals surface area contributed by atoms with Crippen molar-refractivity contribution in [3.05, 3.63) is 28.8 Å². The van der Waals surface area contributed by atoms with Crippen molar-refractivity contribution >= 4 is 5.78 Å². The first-order valence-corrected chi connectivity index (χ1v) is 8.58. The van der Waals surface area contributed by atoms with E-state index in [-0.39, 0.29) is 28.3 Å². The van der Waals surface area contributed by atoms with E-state index >= 15 is 0 Å². The lowest BCUT2D eigenvalue weighted by molar-refractivity contribution is 0.0364. The number of ketones is 1. The zero-order chi connectivity index (χ0) is 16.3. The van der Waals surface area contributed by atoms with Gasteiger partial charge in [0.05, 0.1) is 5.56 Å². The zero-order valence-electron chi connectivity index (χ0n) is 14.5. The lowest BCUT2D eigenvalue weighted by Crippen LogP contribution is -2.49. The third-order valence-corrected chi connectivity index (χ3v) is 6.34. The maximum Gasteiger partial charge on any atom is 0.167 e. The zero-order valence-corrected chi connectivity index (χ0v) is 14.5. The van der Waals surface area contributed by atoms with Crippen molar-refractivity contribution in [1.29, 1.82) is 0 Å². The van der Waals surface area contributed by atoms with E-state index in [0.717, 1.165) is 17.5 Å². The van der Waals surface area contributed by atoms with Crippen molar-refractivity contribution < 1.29 is 9.90 Å². The number of hydrogen-bond donors (Lipinski definition) is 1. The van der Waals surface area contributed by atoms with Crippen molar-refractivity contribution in [2.75, 3.05) is 0 Å². The van der Waals surface area contributed by atoms with Crippen LogP contribution < -0.4 is 0 Å². The smallest absolute Gasteiger partial charge is 0.167 e. The summed E-state index contributed by atoms with van der Waals surface area (Å²) >= 11 is 0. The summed E-state index contributed by atoms with van der Waals surface area (Å²) in [6.45, 7) is 11.0. The third-order valence-electron chi connectivity index (χ3n) is 6.34. The Bertz CT molecular complexity index is 627. The molecule has 0 aromatic heterocycles. The van der Waals surface area contributed by atoms with Crippen LogP contribution >= 0.6 is 0 Å². The third kappa shape index (κ3) is 2.03. The summed E-state index contributed by atoms with van der Waals surface area (Å²) < 4.78 is 0. The van der Waals surface area contributed by atoms with Crippen LogP contribution in [0.25, 0.3) is 0 Å². The highest BCUT2D eigenvalue weighted by atomic mass is 16.3. The van der Waals surface area contributed by atoms with E-state index in [1.165, 1.54) is 12.8 Å². The first-order chi connectivity index (χ1) is 10.2. The van der Waals surface area contributed by atoms with Crippen molar-refractivity contribution in [2.45, 2.75) is 71.6 Å². The van der Waals surface area contributed by atoms with Gasteiger partial charge in [-0.05, 0) is 46.6 Å². The van der Waals surface area contributed by atoms with Gasteiger partial charge in [-0.15, -0.1) is 0 Å². The molecule has 0 radical (unpaired) electrons. The number of benzene rings is 1. The van der Waals surface area contributed by atoms with E-state index in [1.54, 1.807) is 0 Å². The summed E-state index contributed by atoms with van der Waals surface area (Å²) in [5.74, 6) is 0.970. The van der Waals surface area contributed by atoms with Crippen molar-refractivity contribution in [1.82, 2.24) is 0 Å². The van der Waals surface area contributed by atoms with Gasteiger partial charge < -0.3 is 5.11 Å². The number of fused-ring (bicyclic) bond motifs is 3. The highest BCUT2D eigenvalue weighted by molar-refractivity contribution is 6.02. The molecule has 1 saturated carbocycles. The number of phenolic OH excluding ortho intramolecular Hbond substituents is 1. The van der Waals surface area contributed by atoms with Crippen LogP contribution in [0.4, 0.5) is 0 Å². The highest BCUT2D eigenvalue weighted by Crippen LogP contribution is 2.58. The maximum atomic E-state index is 12.8. The van der Waals surface area contributed by atoms with E-state index in [0.29, 0.717) is 17.9 Å². The Morgan fingerprint density at radius 1 is 1.18 bits per heavy atom. The Hall–Kier alpha value is -1.31. The van der Waals surface area contributed by atoms with Gasteiger partial charge in [0.2, 0.25) is 0 Å². The SMILES string of the molecule is CC(C)c1ccc2c(c1O)C(=O)C[C@@H]1C(C)(C)CCC[C@]21C. The normalized spacial score (nSPS) is 30.1. The molecule has 120 valence electrons. The predicted molar refractivity (Wildman–Crippen MR) is 89.6 cm³/mol. The first-order valence-electron chi connectivity index (χ1n) is 8.58. The summed E-state index contributed by atoms with van der Waals surface area (Å²) in [6, 6.07) is 4.15. The molecule has 2 aliphatic rings. The number of rotatable bonds is 1. The monoisotopic (exact) mass is 300 g/mol. The first kappa shape index (κ1) is 15.6. The van der Waals surface area contributed by atoms with Gasteiger partial charge >= 0.3 is 0 Å². The molecule has 3 rings (SSSR count). The molecular formula is C20H28O2. The van der Waals surface area contributed by atoms with Gasteiger partial charge in [0.15, 0.2) is 5.78 Å². The molecule has 1 aromatic rings. The molecular weight excluding hydrogens is 272 g/mol. The average molecular weight is 300 g/mol. The Balaban J connectivity index is 2.22.